The van der Waals surface area contributed by atoms with Gasteiger partial charge in [0, 0.05) is 32.8 Å². The van der Waals surface area contributed by atoms with Crippen molar-refractivity contribution < 1.29 is 9.59 Å². The Labute approximate surface area is 160 Å². The summed E-state index contributed by atoms with van der Waals surface area (Å²) >= 11 is 0. The second-order valence-electron chi connectivity index (χ2n) is 7.06. The summed E-state index contributed by atoms with van der Waals surface area (Å²) in [7, 11) is 1.79. The van der Waals surface area contributed by atoms with Crippen molar-refractivity contribution in [2.45, 2.75) is 32.2 Å². The van der Waals surface area contributed by atoms with Crippen LogP contribution in [0.4, 0.5) is 0 Å². The molecule has 0 N–H and O–H groups in total. The molecular formula is C21H26N4O2. The van der Waals surface area contributed by atoms with Crippen molar-refractivity contribution in [3.8, 4) is 0 Å². The number of carbonyl (C=O) groups excluding carboxylic acids is 2. The summed E-state index contributed by atoms with van der Waals surface area (Å²) < 4.78 is 0. The van der Waals surface area contributed by atoms with Crippen LogP contribution in [-0.4, -0.2) is 51.7 Å². The van der Waals surface area contributed by atoms with Crippen LogP contribution in [-0.2, 0) is 22.6 Å². The van der Waals surface area contributed by atoms with Gasteiger partial charge in [0.2, 0.25) is 11.8 Å². The normalized spacial score (nSPS) is 17.0. The van der Waals surface area contributed by atoms with Crippen molar-refractivity contribution in [1.29, 1.82) is 0 Å². The molecule has 0 saturated carbocycles. The zero-order chi connectivity index (χ0) is 19.1. The maximum absolute atomic E-state index is 12.8. The molecule has 6 heteroatoms. The lowest BCUT2D eigenvalue weighted by Crippen LogP contribution is -2.46. The van der Waals surface area contributed by atoms with E-state index >= 15 is 0 Å². The van der Waals surface area contributed by atoms with Gasteiger partial charge in [0.25, 0.3) is 0 Å². The number of rotatable bonds is 7. The quantitative estimate of drug-likeness (QED) is 0.754. The van der Waals surface area contributed by atoms with Crippen LogP contribution in [0.2, 0.25) is 0 Å². The van der Waals surface area contributed by atoms with Gasteiger partial charge in [-0.25, -0.2) is 9.97 Å². The standard InChI is InChI=1S/C21H26N4O2/c1-24(15-19-11-12-22-16-23-19)21(27)18-9-10-20(26)25(14-18)13-5-8-17-6-3-2-4-7-17/h2-4,6-7,11-12,16,18H,5,8-10,13-15H2,1H3/t18-/m1/s1. The maximum atomic E-state index is 12.8. The van der Waals surface area contributed by atoms with Crippen LogP contribution in [0.5, 0.6) is 0 Å². The van der Waals surface area contributed by atoms with E-state index in [0.29, 0.717) is 32.5 Å². The fourth-order valence-electron chi connectivity index (χ4n) is 3.50. The third-order valence-electron chi connectivity index (χ3n) is 5.00. The number of likely N-dealkylation sites (tertiary alicyclic amines) is 1. The molecule has 142 valence electrons. The van der Waals surface area contributed by atoms with E-state index in [9.17, 15) is 9.59 Å². The molecule has 0 aliphatic carbocycles. The van der Waals surface area contributed by atoms with E-state index < -0.39 is 0 Å². The molecule has 1 aliphatic heterocycles. The summed E-state index contributed by atoms with van der Waals surface area (Å²) in [6.45, 7) is 1.67. The number of aryl methyl sites for hydroxylation is 1. The number of hydrogen-bond acceptors (Lipinski definition) is 4. The van der Waals surface area contributed by atoms with E-state index in [0.717, 1.165) is 18.5 Å². The van der Waals surface area contributed by atoms with Crippen LogP contribution in [0.3, 0.4) is 0 Å². The average Bonchev–Trinajstić information content (AvgIpc) is 2.70. The first kappa shape index (κ1) is 19.0. The first-order chi connectivity index (χ1) is 13.1. The van der Waals surface area contributed by atoms with Crippen molar-refractivity contribution in [2.75, 3.05) is 20.1 Å². The largest absolute Gasteiger partial charge is 0.342 e. The fraction of sp³-hybridized carbons (Fsp3) is 0.429. The van der Waals surface area contributed by atoms with Gasteiger partial charge in [-0.2, -0.15) is 0 Å². The number of benzene rings is 1. The monoisotopic (exact) mass is 366 g/mol. The van der Waals surface area contributed by atoms with Crippen LogP contribution in [0.25, 0.3) is 0 Å². The highest BCUT2D eigenvalue weighted by Crippen LogP contribution is 2.21. The van der Waals surface area contributed by atoms with Crippen molar-refractivity contribution in [3.63, 3.8) is 0 Å². The van der Waals surface area contributed by atoms with E-state index in [1.807, 2.05) is 29.2 Å². The van der Waals surface area contributed by atoms with Gasteiger partial charge in [-0.15, -0.1) is 0 Å². The topological polar surface area (TPSA) is 66.4 Å². The zero-order valence-electron chi connectivity index (χ0n) is 15.8. The third kappa shape index (κ3) is 5.36. The van der Waals surface area contributed by atoms with Crippen LogP contribution >= 0.6 is 0 Å². The lowest BCUT2D eigenvalue weighted by atomic mass is 9.95. The summed E-state index contributed by atoms with van der Waals surface area (Å²) in [5.41, 5.74) is 2.09. The molecule has 0 unspecified atom stereocenters. The highest BCUT2D eigenvalue weighted by Gasteiger charge is 2.31. The molecule has 1 atom stereocenters. The minimum Gasteiger partial charge on any atom is -0.342 e. The third-order valence-corrected chi connectivity index (χ3v) is 5.00. The second-order valence-corrected chi connectivity index (χ2v) is 7.06. The van der Waals surface area contributed by atoms with E-state index in [1.54, 1.807) is 18.1 Å². The summed E-state index contributed by atoms with van der Waals surface area (Å²) in [5, 5.41) is 0. The molecule has 1 aliphatic rings. The van der Waals surface area contributed by atoms with E-state index in [-0.39, 0.29) is 17.7 Å². The summed E-state index contributed by atoms with van der Waals surface area (Å²) in [6, 6.07) is 12.1. The molecule has 27 heavy (non-hydrogen) atoms. The first-order valence-electron chi connectivity index (χ1n) is 9.45. The Morgan fingerprint density at radius 3 is 2.81 bits per heavy atom. The van der Waals surface area contributed by atoms with Gasteiger partial charge in [0.15, 0.2) is 0 Å². The van der Waals surface area contributed by atoms with Gasteiger partial charge in [-0.3, -0.25) is 9.59 Å². The highest BCUT2D eigenvalue weighted by atomic mass is 16.2. The predicted molar refractivity (Wildman–Crippen MR) is 103 cm³/mol. The number of carbonyl (C=O) groups is 2. The lowest BCUT2D eigenvalue weighted by molar-refractivity contribution is -0.142. The maximum Gasteiger partial charge on any atom is 0.227 e. The van der Waals surface area contributed by atoms with E-state index in [2.05, 4.69) is 22.1 Å². The fourth-order valence-corrected chi connectivity index (χ4v) is 3.50. The molecule has 3 rings (SSSR count). The summed E-state index contributed by atoms with van der Waals surface area (Å²) in [6.07, 6.45) is 6.09. The Balaban J connectivity index is 1.51. The number of aromatic nitrogens is 2. The summed E-state index contributed by atoms with van der Waals surface area (Å²) in [4.78, 5) is 36.7. The van der Waals surface area contributed by atoms with E-state index in [1.165, 1.54) is 11.9 Å². The average molecular weight is 366 g/mol. The minimum absolute atomic E-state index is 0.0779. The van der Waals surface area contributed by atoms with Crippen molar-refractivity contribution in [1.82, 2.24) is 19.8 Å². The Hall–Kier alpha value is -2.76. The van der Waals surface area contributed by atoms with Gasteiger partial charge in [0.1, 0.15) is 6.33 Å². The van der Waals surface area contributed by atoms with Gasteiger partial charge < -0.3 is 9.80 Å². The van der Waals surface area contributed by atoms with E-state index in [4.69, 9.17) is 0 Å². The SMILES string of the molecule is CN(Cc1ccncn1)C(=O)[C@@H]1CCC(=O)N(CCCc2ccccc2)C1. The smallest absolute Gasteiger partial charge is 0.227 e. The predicted octanol–water partition coefficient (Wildman–Crippen LogP) is 2.31. The molecule has 2 aromatic rings. The number of piperidine rings is 1. The number of hydrogen-bond donors (Lipinski definition) is 0. The minimum atomic E-state index is -0.133. The Morgan fingerprint density at radius 1 is 1.26 bits per heavy atom. The molecular weight excluding hydrogens is 340 g/mol. The zero-order valence-corrected chi connectivity index (χ0v) is 15.8. The number of nitrogens with zero attached hydrogens (tertiary/aromatic N) is 4. The Bertz CT molecular complexity index is 751. The molecule has 2 heterocycles. The molecule has 0 radical (unpaired) electrons. The molecule has 1 aromatic carbocycles. The molecule has 2 amide bonds. The van der Waals surface area contributed by atoms with Gasteiger partial charge in [-0.1, -0.05) is 30.3 Å². The second kappa shape index (κ2) is 9.26. The summed E-state index contributed by atoms with van der Waals surface area (Å²) in [5.74, 6) is 0.103. The van der Waals surface area contributed by atoms with Gasteiger partial charge in [-0.05, 0) is 30.9 Å². The molecule has 0 bridgehead atoms. The Kier molecular flexibility index (Phi) is 6.52. The Morgan fingerprint density at radius 2 is 2.07 bits per heavy atom. The van der Waals surface area contributed by atoms with Gasteiger partial charge in [0.05, 0.1) is 18.2 Å². The van der Waals surface area contributed by atoms with Crippen molar-refractivity contribution in [2.24, 2.45) is 5.92 Å². The lowest BCUT2D eigenvalue weighted by Gasteiger charge is -2.34. The molecule has 1 fully saturated rings. The van der Waals surface area contributed by atoms with Crippen LogP contribution in [0.1, 0.15) is 30.5 Å². The molecule has 6 nitrogen and oxygen atoms in total. The number of amides is 2. The first-order valence-corrected chi connectivity index (χ1v) is 9.45. The van der Waals surface area contributed by atoms with Gasteiger partial charge >= 0.3 is 0 Å². The highest BCUT2D eigenvalue weighted by molar-refractivity contribution is 5.83. The molecule has 0 spiro atoms. The van der Waals surface area contributed by atoms with Crippen LogP contribution < -0.4 is 0 Å². The molecule has 1 saturated heterocycles. The molecule has 1 aromatic heterocycles. The van der Waals surface area contributed by atoms with Crippen molar-refractivity contribution in [3.05, 3.63) is 60.2 Å². The van der Waals surface area contributed by atoms with Crippen LogP contribution in [0.15, 0.2) is 48.9 Å². The van der Waals surface area contributed by atoms with Crippen molar-refractivity contribution >= 4 is 11.8 Å². The van der Waals surface area contributed by atoms with Crippen LogP contribution in [0, 0.1) is 5.92 Å².